The molecule has 0 aromatic heterocycles. The average molecular weight is 281 g/mol. The number of carbonyl (C=O) groups excluding carboxylic acids is 1. The smallest absolute Gasteiger partial charge is 0.225 e. The van der Waals surface area contributed by atoms with Gasteiger partial charge in [-0.2, -0.15) is 0 Å². The highest BCUT2D eigenvalue weighted by molar-refractivity contribution is 5.81. The van der Waals surface area contributed by atoms with Crippen molar-refractivity contribution < 1.29 is 4.79 Å². The Bertz CT molecular complexity index is 594. The largest absolute Gasteiger partial charge is 0.349 e. The number of nitrogens with one attached hydrogen (secondary N) is 1. The maximum atomic E-state index is 12.0. The molecule has 0 radical (unpaired) electrons. The quantitative estimate of drug-likeness (QED) is 0.876. The summed E-state index contributed by atoms with van der Waals surface area (Å²) in [5.74, 6) is 0.0714. The fourth-order valence-corrected chi connectivity index (χ4v) is 2.09. The Morgan fingerprint density at radius 2 is 1.43 bits per heavy atom. The van der Waals surface area contributed by atoms with Crippen molar-refractivity contribution in [3.05, 3.63) is 60.2 Å². The Hall–Kier alpha value is -2.09. The van der Waals surface area contributed by atoms with E-state index in [1.165, 1.54) is 11.1 Å². The molecule has 0 bridgehead atoms. The number of rotatable bonds is 3. The Labute approximate surface area is 127 Å². The second-order valence-corrected chi connectivity index (χ2v) is 6.43. The van der Waals surface area contributed by atoms with Gasteiger partial charge in [0.05, 0.1) is 6.04 Å². The Kier molecular flexibility index (Phi) is 4.46. The van der Waals surface area contributed by atoms with E-state index in [9.17, 15) is 4.79 Å². The zero-order valence-corrected chi connectivity index (χ0v) is 13.2. The standard InChI is InChI=1S/C19H23NO/c1-14(20-18(21)19(2,3)4)15-10-12-17(13-11-15)16-8-6-5-7-9-16/h5-14H,1-4H3,(H,20,21)/t14-/m1/s1. The highest BCUT2D eigenvalue weighted by Gasteiger charge is 2.22. The average Bonchev–Trinajstić information content (AvgIpc) is 2.47. The molecule has 0 aliphatic heterocycles. The summed E-state index contributed by atoms with van der Waals surface area (Å²) in [6.07, 6.45) is 0. The molecule has 0 fully saturated rings. The van der Waals surface area contributed by atoms with Gasteiger partial charge in [-0.25, -0.2) is 0 Å². The normalized spacial score (nSPS) is 12.8. The first-order chi connectivity index (χ1) is 9.88. The van der Waals surface area contributed by atoms with E-state index >= 15 is 0 Å². The third kappa shape index (κ3) is 3.94. The van der Waals surface area contributed by atoms with Crippen LogP contribution in [0.4, 0.5) is 0 Å². The summed E-state index contributed by atoms with van der Waals surface area (Å²) in [4.78, 5) is 12.0. The van der Waals surface area contributed by atoms with E-state index in [-0.39, 0.29) is 17.4 Å². The van der Waals surface area contributed by atoms with E-state index in [1.807, 2.05) is 45.9 Å². The van der Waals surface area contributed by atoms with Gasteiger partial charge in [0, 0.05) is 5.41 Å². The van der Waals surface area contributed by atoms with Crippen molar-refractivity contribution in [2.75, 3.05) is 0 Å². The summed E-state index contributed by atoms with van der Waals surface area (Å²) in [5, 5.41) is 3.06. The van der Waals surface area contributed by atoms with Crippen LogP contribution in [-0.4, -0.2) is 5.91 Å². The second-order valence-electron chi connectivity index (χ2n) is 6.43. The highest BCUT2D eigenvalue weighted by Crippen LogP contribution is 2.22. The van der Waals surface area contributed by atoms with Crippen molar-refractivity contribution in [3.63, 3.8) is 0 Å². The molecule has 2 nitrogen and oxygen atoms in total. The molecule has 0 unspecified atom stereocenters. The number of carbonyl (C=O) groups is 1. The first-order valence-electron chi connectivity index (χ1n) is 7.34. The molecule has 1 atom stereocenters. The van der Waals surface area contributed by atoms with Gasteiger partial charge in [-0.15, -0.1) is 0 Å². The van der Waals surface area contributed by atoms with Gasteiger partial charge in [-0.05, 0) is 23.6 Å². The summed E-state index contributed by atoms with van der Waals surface area (Å²) in [6.45, 7) is 7.79. The molecular formula is C19H23NO. The van der Waals surface area contributed by atoms with Crippen LogP contribution in [0.2, 0.25) is 0 Å². The Balaban J connectivity index is 2.10. The van der Waals surface area contributed by atoms with Crippen LogP contribution in [0.15, 0.2) is 54.6 Å². The molecule has 2 aromatic rings. The van der Waals surface area contributed by atoms with Gasteiger partial charge >= 0.3 is 0 Å². The molecule has 1 amide bonds. The SMILES string of the molecule is C[C@@H](NC(=O)C(C)(C)C)c1ccc(-c2ccccc2)cc1. The van der Waals surface area contributed by atoms with E-state index in [2.05, 4.69) is 41.7 Å². The minimum Gasteiger partial charge on any atom is -0.349 e. The first kappa shape index (κ1) is 15.3. The van der Waals surface area contributed by atoms with Gasteiger partial charge in [0.25, 0.3) is 0 Å². The molecule has 0 aliphatic rings. The van der Waals surface area contributed by atoms with Gasteiger partial charge in [0.2, 0.25) is 5.91 Å². The number of hydrogen-bond donors (Lipinski definition) is 1. The molecule has 2 heteroatoms. The fourth-order valence-electron chi connectivity index (χ4n) is 2.09. The molecule has 0 saturated carbocycles. The van der Waals surface area contributed by atoms with Gasteiger partial charge < -0.3 is 5.32 Å². The van der Waals surface area contributed by atoms with E-state index in [0.717, 1.165) is 5.56 Å². The Morgan fingerprint density at radius 3 is 1.95 bits per heavy atom. The van der Waals surface area contributed by atoms with Gasteiger partial charge in [0.15, 0.2) is 0 Å². The van der Waals surface area contributed by atoms with Crippen LogP contribution in [-0.2, 0) is 4.79 Å². The molecule has 1 N–H and O–H groups in total. The maximum Gasteiger partial charge on any atom is 0.225 e. The van der Waals surface area contributed by atoms with Crippen molar-refractivity contribution >= 4 is 5.91 Å². The van der Waals surface area contributed by atoms with Gasteiger partial charge in [-0.1, -0.05) is 75.4 Å². The van der Waals surface area contributed by atoms with E-state index in [4.69, 9.17) is 0 Å². The van der Waals surface area contributed by atoms with Gasteiger partial charge in [-0.3, -0.25) is 4.79 Å². The molecular weight excluding hydrogens is 258 g/mol. The first-order valence-corrected chi connectivity index (χ1v) is 7.34. The zero-order valence-electron chi connectivity index (χ0n) is 13.2. The van der Waals surface area contributed by atoms with E-state index < -0.39 is 0 Å². The van der Waals surface area contributed by atoms with Crippen LogP contribution in [0.25, 0.3) is 11.1 Å². The lowest BCUT2D eigenvalue weighted by atomic mass is 9.94. The van der Waals surface area contributed by atoms with Crippen LogP contribution >= 0.6 is 0 Å². The third-order valence-corrected chi connectivity index (χ3v) is 3.55. The third-order valence-electron chi connectivity index (χ3n) is 3.55. The van der Waals surface area contributed by atoms with Crippen molar-refractivity contribution in [1.82, 2.24) is 5.32 Å². The van der Waals surface area contributed by atoms with Crippen molar-refractivity contribution in [1.29, 1.82) is 0 Å². The summed E-state index contributed by atoms with van der Waals surface area (Å²) >= 11 is 0. The van der Waals surface area contributed by atoms with Crippen molar-refractivity contribution in [3.8, 4) is 11.1 Å². The van der Waals surface area contributed by atoms with Crippen LogP contribution in [0.5, 0.6) is 0 Å². The zero-order chi connectivity index (χ0) is 15.5. The highest BCUT2D eigenvalue weighted by atomic mass is 16.2. The maximum absolute atomic E-state index is 12.0. The van der Waals surface area contributed by atoms with Crippen LogP contribution in [0, 0.1) is 5.41 Å². The second kappa shape index (κ2) is 6.13. The summed E-state index contributed by atoms with van der Waals surface area (Å²) in [5.41, 5.74) is 3.15. The van der Waals surface area contributed by atoms with Crippen molar-refractivity contribution in [2.45, 2.75) is 33.7 Å². The summed E-state index contributed by atoms with van der Waals surface area (Å²) in [6, 6.07) is 18.7. The van der Waals surface area contributed by atoms with E-state index in [0.29, 0.717) is 0 Å². The van der Waals surface area contributed by atoms with E-state index in [1.54, 1.807) is 0 Å². The molecule has 110 valence electrons. The van der Waals surface area contributed by atoms with Crippen molar-refractivity contribution in [2.24, 2.45) is 5.41 Å². The minimum absolute atomic E-state index is 0.0153. The lowest BCUT2D eigenvalue weighted by Crippen LogP contribution is -2.36. The van der Waals surface area contributed by atoms with Crippen LogP contribution in [0.3, 0.4) is 0 Å². The predicted octanol–water partition coefficient (Wildman–Crippen LogP) is 4.58. The lowest BCUT2D eigenvalue weighted by Gasteiger charge is -2.22. The van der Waals surface area contributed by atoms with Crippen LogP contribution < -0.4 is 5.32 Å². The topological polar surface area (TPSA) is 29.1 Å². The summed E-state index contributed by atoms with van der Waals surface area (Å²) < 4.78 is 0. The predicted molar refractivity (Wildman–Crippen MR) is 87.9 cm³/mol. The number of amides is 1. The Morgan fingerprint density at radius 1 is 0.905 bits per heavy atom. The molecule has 0 saturated heterocycles. The number of hydrogen-bond acceptors (Lipinski definition) is 1. The lowest BCUT2D eigenvalue weighted by molar-refractivity contribution is -0.129. The van der Waals surface area contributed by atoms with Crippen LogP contribution in [0.1, 0.15) is 39.3 Å². The molecule has 2 aromatic carbocycles. The molecule has 21 heavy (non-hydrogen) atoms. The monoisotopic (exact) mass is 281 g/mol. The fraction of sp³-hybridized carbons (Fsp3) is 0.316. The molecule has 2 rings (SSSR count). The van der Waals surface area contributed by atoms with Gasteiger partial charge in [0.1, 0.15) is 0 Å². The minimum atomic E-state index is -0.363. The molecule has 0 spiro atoms. The molecule has 0 heterocycles. The summed E-state index contributed by atoms with van der Waals surface area (Å²) in [7, 11) is 0. The number of benzene rings is 2. The molecule has 0 aliphatic carbocycles.